The molecule has 1 aromatic carbocycles. The van der Waals surface area contributed by atoms with E-state index in [0.29, 0.717) is 18.4 Å². The van der Waals surface area contributed by atoms with E-state index in [4.69, 9.17) is 9.29 Å². The van der Waals surface area contributed by atoms with Crippen molar-refractivity contribution in [3.8, 4) is 5.75 Å². The maximum Gasteiger partial charge on any atom is 0.438 e. The largest absolute Gasteiger partial charge is 0.438 e. The molecule has 38 heavy (non-hydrogen) atoms. The van der Waals surface area contributed by atoms with E-state index in [0.717, 1.165) is 23.0 Å². The second-order valence-electron chi connectivity index (χ2n) is 9.24. The molecule has 0 heterocycles. The van der Waals surface area contributed by atoms with Crippen LogP contribution in [0.3, 0.4) is 0 Å². The second kappa shape index (κ2) is 11.9. The molecule has 0 bridgehead atoms. The predicted molar refractivity (Wildman–Crippen MR) is 132 cm³/mol. The number of alkyl halides is 6. The van der Waals surface area contributed by atoms with Gasteiger partial charge in [-0.2, -0.15) is 34.8 Å². The van der Waals surface area contributed by atoms with E-state index >= 15 is 0 Å². The van der Waals surface area contributed by atoms with Crippen molar-refractivity contribution in [2.45, 2.75) is 62.6 Å². The number of rotatable bonds is 9. The van der Waals surface area contributed by atoms with Crippen molar-refractivity contribution in [3.05, 3.63) is 28.8 Å². The molecule has 1 aromatic rings. The van der Waals surface area contributed by atoms with E-state index in [1.807, 2.05) is 35.7 Å². The third-order valence-electron chi connectivity index (χ3n) is 6.65. The molecule has 0 atom stereocenters. The van der Waals surface area contributed by atoms with Crippen molar-refractivity contribution in [1.29, 1.82) is 0 Å². The minimum atomic E-state index is -6.39. The minimum Gasteiger partial charge on any atom is -0.438 e. The summed E-state index contributed by atoms with van der Waals surface area (Å²) < 4.78 is 121. The molecule has 1 fully saturated rings. The summed E-state index contributed by atoms with van der Waals surface area (Å²) in [5.74, 6) is -7.28. The van der Waals surface area contributed by atoms with E-state index in [-0.39, 0.29) is 25.7 Å². The molecular weight excluding hydrogens is 543 g/mol. The molecule has 0 amide bonds. The van der Waals surface area contributed by atoms with Crippen LogP contribution in [0.2, 0.25) is 0 Å². The molecule has 0 spiro atoms. The summed E-state index contributed by atoms with van der Waals surface area (Å²) in [4.78, 5) is 25.2. The zero-order valence-corrected chi connectivity index (χ0v) is 21.9. The number of halogens is 6. The van der Waals surface area contributed by atoms with Crippen molar-refractivity contribution in [2.75, 3.05) is 5.75 Å². The lowest BCUT2D eigenvalue weighted by atomic mass is 9.81. The van der Waals surface area contributed by atoms with Crippen LogP contribution in [0.25, 0.3) is 0 Å². The highest BCUT2D eigenvalue weighted by atomic mass is 32.2. The Kier molecular flexibility index (Phi) is 10.1. The fourth-order valence-electron chi connectivity index (χ4n) is 4.42. The smallest absolute Gasteiger partial charge is 0.438 e. The highest BCUT2D eigenvalue weighted by molar-refractivity contribution is 7.85. The Morgan fingerprint density at radius 2 is 1.26 bits per heavy atom. The Hall–Kier alpha value is -2.16. The van der Waals surface area contributed by atoms with Gasteiger partial charge in [-0.25, -0.2) is 0 Å². The van der Waals surface area contributed by atoms with Crippen LogP contribution >= 0.6 is 0 Å². The van der Waals surface area contributed by atoms with Gasteiger partial charge in [0.25, 0.3) is 10.1 Å². The number of ether oxygens (including phenoxy) is 2. The standard InChI is InChI=1S/C21H27B3F6O7S/c22-7-11-5-14(8-23)16(15(6-11)9-24)36-17(31)12-1-3-13(4-2-12)18(32)37-19(20(25,26)27,21(28,29)30)10-38(33,34)35/h5-6,12-13H,1-4,7-10,22-24H2,(H,33,34,35). The van der Waals surface area contributed by atoms with Gasteiger partial charge in [0, 0.05) is 0 Å². The van der Waals surface area contributed by atoms with Crippen LogP contribution in [-0.2, 0) is 43.4 Å². The zero-order chi connectivity index (χ0) is 29.1. The third kappa shape index (κ3) is 7.27. The normalized spacial score (nSPS) is 19.1. The van der Waals surface area contributed by atoms with Crippen molar-refractivity contribution < 1.29 is 58.4 Å². The van der Waals surface area contributed by atoms with Gasteiger partial charge in [-0.05, 0) is 36.8 Å². The summed E-state index contributed by atoms with van der Waals surface area (Å²) in [6.45, 7) is 0. The summed E-state index contributed by atoms with van der Waals surface area (Å²) >= 11 is 0. The lowest BCUT2D eigenvalue weighted by Crippen LogP contribution is -2.63. The molecule has 0 aromatic heterocycles. The van der Waals surface area contributed by atoms with Crippen molar-refractivity contribution in [1.82, 2.24) is 0 Å². The summed E-state index contributed by atoms with van der Waals surface area (Å²) in [5.41, 5.74) is -2.74. The van der Waals surface area contributed by atoms with E-state index in [1.165, 1.54) is 0 Å². The predicted octanol–water partition coefficient (Wildman–Crippen LogP) is 1.09. The molecule has 1 saturated carbocycles. The van der Waals surface area contributed by atoms with Crippen LogP contribution in [0.1, 0.15) is 42.4 Å². The van der Waals surface area contributed by atoms with Gasteiger partial charge in [-0.3, -0.25) is 14.1 Å². The molecule has 1 aliphatic carbocycles. The first kappa shape index (κ1) is 32.1. The Morgan fingerprint density at radius 1 is 0.842 bits per heavy atom. The Labute approximate surface area is 219 Å². The molecule has 0 aliphatic heterocycles. The molecule has 1 N–H and O–H groups in total. The van der Waals surface area contributed by atoms with Crippen molar-refractivity contribution >= 4 is 45.6 Å². The molecule has 2 rings (SSSR count). The van der Waals surface area contributed by atoms with Gasteiger partial charge in [0.15, 0.2) is 0 Å². The zero-order valence-electron chi connectivity index (χ0n) is 21.0. The average molecular weight is 570 g/mol. The number of esters is 2. The third-order valence-corrected chi connectivity index (χ3v) is 7.42. The fourth-order valence-corrected chi connectivity index (χ4v) is 5.32. The topological polar surface area (TPSA) is 107 Å². The first-order valence-electron chi connectivity index (χ1n) is 12.1. The van der Waals surface area contributed by atoms with Crippen LogP contribution < -0.4 is 4.74 Å². The van der Waals surface area contributed by atoms with Crippen LogP contribution in [0.4, 0.5) is 26.3 Å². The highest BCUT2D eigenvalue weighted by Gasteiger charge is 2.76. The monoisotopic (exact) mass is 570 g/mol. The Morgan fingerprint density at radius 3 is 1.61 bits per heavy atom. The molecule has 1 aliphatic rings. The average Bonchev–Trinajstić information content (AvgIpc) is 2.81. The highest BCUT2D eigenvalue weighted by Crippen LogP contribution is 2.47. The van der Waals surface area contributed by atoms with Crippen LogP contribution in [0, 0.1) is 11.8 Å². The molecular formula is C21H27B3F6O7S. The number of carbonyl (C=O) groups is 2. The van der Waals surface area contributed by atoms with Gasteiger partial charge in [0.2, 0.25) is 0 Å². The van der Waals surface area contributed by atoms with Gasteiger partial charge in [0.1, 0.15) is 35.0 Å². The van der Waals surface area contributed by atoms with E-state index < -0.39 is 57.6 Å². The summed E-state index contributed by atoms with van der Waals surface area (Å²) in [6.07, 6.45) is -11.5. The van der Waals surface area contributed by atoms with Crippen LogP contribution in [0.5, 0.6) is 5.75 Å². The molecule has 0 radical (unpaired) electrons. The quantitative estimate of drug-likeness (QED) is 0.156. The van der Waals surface area contributed by atoms with Crippen molar-refractivity contribution in [2.24, 2.45) is 11.8 Å². The second-order valence-corrected chi connectivity index (χ2v) is 10.7. The molecule has 0 unspecified atom stereocenters. The summed E-state index contributed by atoms with van der Waals surface area (Å²) in [7, 11) is -0.0928. The SMILES string of the molecule is BCc1cc(CB)c(OC(=O)C2CCC(C(=O)OC(CS(=O)(=O)O)(C(F)(F)F)C(F)(F)F)CC2)c(CB)c1. The minimum absolute atomic E-state index is 0.0715. The number of hydrogen-bond acceptors (Lipinski definition) is 6. The first-order chi connectivity index (χ1) is 17.4. The number of hydrogen-bond donors (Lipinski definition) is 1. The number of carbonyl (C=O) groups excluding carboxylic acids is 2. The Balaban J connectivity index is 2.17. The lowest BCUT2D eigenvalue weighted by molar-refractivity contribution is -0.362. The van der Waals surface area contributed by atoms with Gasteiger partial charge < -0.3 is 9.47 Å². The molecule has 7 nitrogen and oxygen atoms in total. The fraction of sp³-hybridized carbons (Fsp3) is 0.619. The Bertz CT molecular complexity index is 1090. The van der Waals surface area contributed by atoms with Crippen molar-refractivity contribution in [3.63, 3.8) is 0 Å². The van der Waals surface area contributed by atoms with Crippen LogP contribution in [-0.4, -0.2) is 72.2 Å². The number of benzene rings is 1. The van der Waals surface area contributed by atoms with Gasteiger partial charge in [0.05, 0.1) is 11.8 Å². The maximum atomic E-state index is 13.4. The molecule has 17 heteroatoms. The van der Waals surface area contributed by atoms with Gasteiger partial charge in [-0.15, -0.1) is 0 Å². The van der Waals surface area contributed by atoms with E-state index in [9.17, 15) is 44.3 Å². The van der Waals surface area contributed by atoms with Gasteiger partial charge >= 0.3 is 29.9 Å². The summed E-state index contributed by atoms with van der Waals surface area (Å²) in [5, 5.41) is 0. The summed E-state index contributed by atoms with van der Waals surface area (Å²) in [6, 6.07) is 3.85. The molecule has 210 valence electrons. The van der Waals surface area contributed by atoms with E-state index in [1.54, 1.807) is 0 Å². The maximum absolute atomic E-state index is 13.4. The first-order valence-corrected chi connectivity index (χ1v) is 13.7. The van der Waals surface area contributed by atoms with Crippen LogP contribution in [0.15, 0.2) is 12.1 Å². The molecule has 0 saturated heterocycles. The lowest BCUT2D eigenvalue weighted by Gasteiger charge is -2.37. The van der Waals surface area contributed by atoms with E-state index in [2.05, 4.69) is 4.74 Å². The van der Waals surface area contributed by atoms with Gasteiger partial charge in [-0.1, -0.05) is 36.7 Å².